The number of methoxy groups -OCH3 is 1. The summed E-state index contributed by atoms with van der Waals surface area (Å²) in [6.07, 6.45) is 2.97. The van der Waals surface area contributed by atoms with Crippen molar-refractivity contribution in [1.29, 1.82) is 0 Å². The van der Waals surface area contributed by atoms with E-state index in [-0.39, 0.29) is 5.56 Å². The van der Waals surface area contributed by atoms with Gasteiger partial charge in [-0.25, -0.2) is 4.79 Å². The van der Waals surface area contributed by atoms with E-state index in [1.165, 1.54) is 25.6 Å². The van der Waals surface area contributed by atoms with Crippen LogP contribution in [-0.4, -0.2) is 18.1 Å². The second-order valence-corrected chi connectivity index (χ2v) is 4.12. The van der Waals surface area contributed by atoms with Crippen LogP contribution in [0.2, 0.25) is 5.02 Å². The minimum Gasteiger partial charge on any atom is -0.465 e. The van der Waals surface area contributed by atoms with E-state index in [1.807, 2.05) is 0 Å². The Labute approximate surface area is 114 Å². The van der Waals surface area contributed by atoms with E-state index in [0.29, 0.717) is 22.2 Å². The highest BCUT2D eigenvalue weighted by atomic mass is 35.5. The smallest absolute Gasteiger partial charge is 0.341 e. The van der Waals surface area contributed by atoms with Gasteiger partial charge in [0.2, 0.25) is 0 Å². The molecular formula is C13H11ClN2O3. The van der Waals surface area contributed by atoms with Gasteiger partial charge in [-0.05, 0) is 18.2 Å². The van der Waals surface area contributed by atoms with E-state index in [9.17, 15) is 4.79 Å². The molecule has 0 atom stereocenters. The normalized spacial score (nSPS) is 10.0. The zero-order chi connectivity index (χ0) is 13.8. The lowest BCUT2D eigenvalue weighted by Crippen LogP contribution is -2.04. The molecule has 98 valence electrons. The van der Waals surface area contributed by atoms with E-state index in [0.717, 1.165) is 0 Å². The molecule has 0 amide bonds. The number of carbonyl (C=O) groups excluding carboxylic acids is 1. The highest BCUT2D eigenvalue weighted by Gasteiger charge is 2.14. The summed E-state index contributed by atoms with van der Waals surface area (Å²) < 4.78 is 10.2. The van der Waals surface area contributed by atoms with Crippen molar-refractivity contribution in [2.45, 2.75) is 0 Å². The molecule has 0 fully saturated rings. The molecule has 1 aromatic carbocycles. The van der Waals surface area contributed by atoms with Gasteiger partial charge in [0.05, 0.1) is 18.3 Å². The molecule has 2 aromatic rings. The zero-order valence-corrected chi connectivity index (χ0v) is 10.8. The largest absolute Gasteiger partial charge is 0.465 e. The number of hydrogen-bond donors (Lipinski definition) is 1. The average Bonchev–Trinajstić information content (AvgIpc) is 2.40. The summed E-state index contributed by atoms with van der Waals surface area (Å²) in [6, 6.07) is 6.29. The highest BCUT2D eigenvalue weighted by molar-refractivity contribution is 6.30. The van der Waals surface area contributed by atoms with Crippen LogP contribution in [-0.2, 0) is 4.74 Å². The lowest BCUT2D eigenvalue weighted by Gasteiger charge is -2.10. The molecule has 0 aliphatic heterocycles. The predicted molar refractivity (Wildman–Crippen MR) is 71.5 cm³/mol. The first kappa shape index (κ1) is 13.2. The van der Waals surface area contributed by atoms with Crippen LogP contribution in [0.25, 0.3) is 0 Å². The molecule has 2 N–H and O–H groups in total. The van der Waals surface area contributed by atoms with Crippen LogP contribution in [0.3, 0.4) is 0 Å². The number of aromatic nitrogens is 1. The maximum Gasteiger partial charge on any atom is 0.341 e. The van der Waals surface area contributed by atoms with Gasteiger partial charge in [0, 0.05) is 18.0 Å². The topological polar surface area (TPSA) is 74.4 Å². The number of rotatable bonds is 3. The van der Waals surface area contributed by atoms with Crippen molar-refractivity contribution in [1.82, 2.24) is 4.98 Å². The van der Waals surface area contributed by atoms with Gasteiger partial charge in [0.1, 0.15) is 17.1 Å². The van der Waals surface area contributed by atoms with Gasteiger partial charge in [0.25, 0.3) is 0 Å². The Hall–Kier alpha value is -2.27. The molecule has 0 aliphatic rings. The van der Waals surface area contributed by atoms with Crippen LogP contribution >= 0.6 is 11.6 Å². The molecule has 1 heterocycles. The molecule has 5 nitrogen and oxygen atoms in total. The van der Waals surface area contributed by atoms with Gasteiger partial charge in [-0.2, -0.15) is 0 Å². The Kier molecular flexibility index (Phi) is 3.87. The van der Waals surface area contributed by atoms with E-state index in [4.69, 9.17) is 22.1 Å². The Morgan fingerprint density at radius 3 is 2.79 bits per heavy atom. The molecule has 0 saturated heterocycles. The van der Waals surface area contributed by atoms with Crippen LogP contribution in [0.5, 0.6) is 11.5 Å². The van der Waals surface area contributed by atoms with Crippen molar-refractivity contribution in [3.63, 3.8) is 0 Å². The minimum atomic E-state index is -0.530. The molecule has 0 radical (unpaired) electrons. The number of nitrogens with zero attached hydrogens (tertiary/aromatic N) is 1. The summed E-state index contributed by atoms with van der Waals surface area (Å²) in [7, 11) is 1.29. The van der Waals surface area contributed by atoms with E-state index < -0.39 is 5.97 Å². The van der Waals surface area contributed by atoms with Crippen molar-refractivity contribution >= 4 is 23.3 Å². The summed E-state index contributed by atoms with van der Waals surface area (Å²) in [4.78, 5) is 15.5. The first-order chi connectivity index (χ1) is 9.10. The van der Waals surface area contributed by atoms with E-state index >= 15 is 0 Å². The number of nitrogen functional groups attached to an aromatic ring is 1. The Balaban J connectivity index is 2.37. The Morgan fingerprint density at radius 1 is 1.32 bits per heavy atom. The first-order valence-corrected chi connectivity index (χ1v) is 5.74. The third-order valence-corrected chi connectivity index (χ3v) is 2.52. The van der Waals surface area contributed by atoms with Crippen molar-refractivity contribution in [2.75, 3.05) is 12.8 Å². The van der Waals surface area contributed by atoms with Crippen molar-refractivity contribution in [3.8, 4) is 11.5 Å². The van der Waals surface area contributed by atoms with Crippen LogP contribution in [0.4, 0.5) is 5.69 Å². The number of ether oxygens (including phenoxy) is 2. The van der Waals surface area contributed by atoms with Gasteiger partial charge in [0.15, 0.2) is 0 Å². The fourth-order valence-corrected chi connectivity index (χ4v) is 1.65. The summed E-state index contributed by atoms with van der Waals surface area (Å²) >= 11 is 5.81. The number of nitrogens with two attached hydrogens (primary N) is 1. The molecule has 1 aromatic heterocycles. The lowest BCUT2D eigenvalue weighted by molar-refractivity contribution is 0.0598. The first-order valence-electron chi connectivity index (χ1n) is 5.36. The monoisotopic (exact) mass is 278 g/mol. The van der Waals surface area contributed by atoms with E-state index in [2.05, 4.69) is 9.72 Å². The third-order valence-electron chi connectivity index (χ3n) is 2.32. The molecule has 2 rings (SSSR count). The van der Waals surface area contributed by atoms with Crippen molar-refractivity contribution in [3.05, 3.63) is 47.2 Å². The quantitative estimate of drug-likeness (QED) is 0.690. The van der Waals surface area contributed by atoms with Gasteiger partial charge in [-0.15, -0.1) is 0 Å². The molecule has 19 heavy (non-hydrogen) atoms. The number of esters is 1. The van der Waals surface area contributed by atoms with Gasteiger partial charge in [-0.3, -0.25) is 4.98 Å². The number of hydrogen-bond acceptors (Lipinski definition) is 5. The molecule has 0 unspecified atom stereocenters. The molecule has 0 spiro atoms. The number of halogens is 1. The van der Waals surface area contributed by atoms with E-state index in [1.54, 1.807) is 18.2 Å². The second kappa shape index (κ2) is 5.58. The van der Waals surface area contributed by atoms with Gasteiger partial charge in [-0.1, -0.05) is 11.6 Å². The molecular weight excluding hydrogens is 268 g/mol. The van der Waals surface area contributed by atoms with Crippen LogP contribution in [0, 0.1) is 0 Å². The maximum atomic E-state index is 11.6. The third kappa shape index (κ3) is 3.14. The van der Waals surface area contributed by atoms with Crippen LogP contribution in [0.1, 0.15) is 10.4 Å². The lowest BCUT2D eigenvalue weighted by atomic mass is 10.2. The number of anilines is 1. The summed E-state index contributed by atoms with van der Waals surface area (Å²) in [5.74, 6) is 0.213. The second-order valence-electron chi connectivity index (χ2n) is 3.69. The van der Waals surface area contributed by atoms with Gasteiger partial charge < -0.3 is 15.2 Å². The molecule has 0 saturated carbocycles. The summed E-state index contributed by atoms with van der Waals surface area (Å²) in [6.45, 7) is 0. The van der Waals surface area contributed by atoms with Crippen molar-refractivity contribution in [2.24, 2.45) is 0 Å². The van der Waals surface area contributed by atoms with Crippen LogP contribution in [0.15, 0.2) is 36.7 Å². The number of benzene rings is 1. The summed E-state index contributed by atoms with van der Waals surface area (Å²) in [5.41, 5.74) is 6.32. The number of carbonyl (C=O) groups is 1. The number of pyridine rings is 1. The molecule has 6 heteroatoms. The maximum absolute atomic E-state index is 11.6. The summed E-state index contributed by atoms with van der Waals surface area (Å²) in [5, 5.41) is 0.438. The SMILES string of the molecule is COC(=O)c1cc(N)ccc1Oc1cncc(Cl)c1. The van der Waals surface area contributed by atoms with Crippen LogP contribution < -0.4 is 10.5 Å². The highest BCUT2D eigenvalue weighted by Crippen LogP contribution is 2.28. The van der Waals surface area contributed by atoms with Crippen molar-refractivity contribution < 1.29 is 14.3 Å². The fraction of sp³-hybridized carbons (Fsp3) is 0.0769. The van der Waals surface area contributed by atoms with Gasteiger partial charge >= 0.3 is 5.97 Å². The molecule has 0 aliphatic carbocycles. The standard InChI is InChI=1S/C13H11ClN2O3/c1-18-13(17)11-5-9(15)2-3-12(11)19-10-4-8(14)6-16-7-10/h2-7H,15H2,1H3. The Morgan fingerprint density at radius 2 is 2.11 bits per heavy atom. The Bertz CT molecular complexity index is 617. The molecule has 0 bridgehead atoms. The zero-order valence-electron chi connectivity index (χ0n) is 10.1. The minimum absolute atomic E-state index is 0.238. The fourth-order valence-electron chi connectivity index (χ4n) is 1.48. The average molecular weight is 279 g/mol. The predicted octanol–water partition coefficient (Wildman–Crippen LogP) is 2.90.